The van der Waals surface area contributed by atoms with Crippen LogP contribution >= 0.6 is 0 Å². The number of halogens is 1. The Morgan fingerprint density at radius 2 is 2.24 bits per heavy atom. The number of hydrogen-bond acceptors (Lipinski definition) is 3. The maximum absolute atomic E-state index is 13.4. The van der Waals surface area contributed by atoms with E-state index in [4.69, 9.17) is 11.1 Å². The minimum absolute atomic E-state index is 0.0587. The first-order chi connectivity index (χ1) is 10.0. The largest absolute Gasteiger partial charge is 0.384 e. The summed E-state index contributed by atoms with van der Waals surface area (Å²) in [6, 6.07) is 5.72. The Labute approximate surface area is 125 Å². The molecule has 0 bridgehead atoms. The standard InChI is InChI=1S/C16H23FN4/c1-11-8-20-6-2-3-14(20)10-21(11)9-12-4-5-13(17)7-15(12)16(18)19/h4-5,7,11,14H,2-3,6,8-10H2,1H3,(H3,18,19). The third-order valence-electron chi connectivity index (χ3n) is 4.80. The summed E-state index contributed by atoms with van der Waals surface area (Å²) in [5.41, 5.74) is 7.07. The molecular formula is C16H23FN4. The average Bonchev–Trinajstić information content (AvgIpc) is 2.88. The summed E-state index contributed by atoms with van der Waals surface area (Å²) in [5, 5.41) is 7.64. The second-order valence-corrected chi connectivity index (χ2v) is 6.28. The number of nitrogen functional groups attached to an aromatic ring is 1. The van der Waals surface area contributed by atoms with Crippen LogP contribution in [0.1, 0.15) is 30.9 Å². The quantitative estimate of drug-likeness (QED) is 0.659. The van der Waals surface area contributed by atoms with E-state index in [2.05, 4.69) is 16.7 Å². The smallest absolute Gasteiger partial charge is 0.123 e. The van der Waals surface area contributed by atoms with E-state index in [1.807, 2.05) is 0 Å². The zero-order valence-corrected chi connectivity index (χ0v) is 12.5. The summed E-state index contributed by atoms with van der Waals surface area (Å²) in [6.07, 6.45) is 2.56. The lowest BCUT2D eigenvalue weighted by Gasteiger charge is -2.42. The first-order valence-corrected chi connectivity index (χ1v) is 7.65. The number of piperazine rings is 1. The fraction of sp³-hybridized carbons (Fsp3) is 0.562. The third kappa shape index (κ3) is 2.94. The van der Waals surface area contributed by atoms with Crippen LogP contribution in [0.2, 0.25) is 0 Å². The lowest BCUT2D eigenvalue weighted by Crippen LogP contribution is -2.54. The van der Waals surface area contributed by atoms with Crippen LogP contribution in [0.5, 0.6) is 0 Å². The summed E-state index contributed by atoms with van der Waals surface area (Å²) in [6.45, 7) is 6.35. The van der Waals surface area contributed by atoms with Gasteiger partial charge in [-0.25, -0.2) is 4.39 Å². The average molecular weight is 290 g/mol. The van der Waals surface area contributed by atoms with E-state index < -0.39 is 0 Å². The van der Waals surface area contributed by atoms with Crippen LogP contribution in [0.4, 0.5) is 4.39 Å². The van der Waals surface area contributed by atoms with Crippen LogP contribution in [0, 0.1) is 11.2 Å². The molecule has 3 rings (SSSR count). The lowest BCUT2D eigenvalue weighted by atomic mass is 10.0. The molecule has 5 heteroatoms. The number of hydrogen-bond donors (Lipinski definition) is 2. The number of rotatable bonds is 3. The zero-order valence-electron chi connectivity index (χ0n) is 12.5. The fourth-order valence-corrected chi connectivity index (χ4v) is 3.62. The lowest BCUT2D eigenvalue weighted by molar-refractivity contribution is 0.0540. The highest BCUT2D eigenvalue weighted by molar-refractivity contribution is 5.96. The number of nitrogens with zero attached hydrogens (tertiary/aromatic N) is 2. The van der Waals surface area contributed by atoms with Gasteiger partial charge in [-0.05, 0) is 44.0 Å². The van der Waals surface area contributed by atoms with Crippen molar-refractivity contribution in [3.8, 4) is 0 Å². The highest BCUT2D eigenvalue weighted by Gasteiger charge is 2.34. The van der Waals surface area contributed by atoms with Gasteiger partial charge >= 0.3 is 0 Å². The van der Waals surface area contributed by atoms with Gasteiger partial charge < -0.3 is 5.73 Å². The van der Waals surface area contributed by atoms with Crippen molar-refractivity contribution in [2.75, 3.05) is 19.6 Å². The predicted octanol–water partition coefficient (Wildman–Crippen LogP) is 1.78. The van der Waals surface area contributed by atoms with Gasteiger partial charge in [0.2, 0.25) is 0 Å². The third-order valence-corrected chi connectivity index (χ3v) is 4.80. The van der Waals surface area contributed by atoms with E-state index in [0.29, 0.717) is 17.6 Å². The Morgan fingerprint density at radius 3 is 3.00 bits per heavy atom. The van der Waals surface area contributed by atoms with Gasteiger partial charge in [-0.1, -0.05) is 6.07 Å². The molecule has 4 nitrogen and oxygen atoms in total. The molecular weight excluding hydrogens is 267 g/mol. The Kier molecular flexibility index (Phi) is 3.95. The van der Waals surface area contributed by atoms with Crippen molar-refractivity contribution in [1.82, 2.24) is 9.80 Å². The molecule has 2 saturated heterocycles. The van der Waals surface area contributed by atoms with Crippen molar-refractivity contribution in [3.63, 3.8) is 0 Å². The van der Waals surface area contributed by atoms with E-state index in [0.717, 1.165) is 25.2 Å². The molecule has 0 saturated carbocycles. The molecule has 0 radical (unpaired) electrons. The topological polar surface area (TPSA) is 56.4 Å². The minimum atomic E-state index is -0.336. The van der Waals surface area contributed by atoms with Gasteiger partial charge in [0.1, 0.15) is 11.7 Å². The molecule has 0 amide bonds. The number of fused-ring (bicyclic) bond motifs is 1. The highest BCUT2D eigenvalue weighted by Crippen LogP contribution is 2.26. The maximum atomic E-state index is 13.4. The van der Waals surface area contributed by atoms with Crippen molar-refractivity contribution in [3.05, 3.63) is 35.1 Å². The van der Waals surface area contributed by atoms with Crippen molar-refractivity contribution in [2.45, 2.75) is 38.4 Å². The van der Waals surface area contributed by atoms with Gasteiger partial charge in [0, 0.05) is 37.3 Å². The minimum Gasteiger partial charge on any atom is -0.384 e. The molecule has 2 aliphatic rings. The summed E-state index contributed by atoms with van der Waals surface area (Å²) in [5.74, 6) is -0.394. The molecule has 3 N–H and O–H groups in total. The Bertz CT molecular complexity index is 545. The highest BCUT2D eigenvalue weighted by atomic mass is 19.1. The number of nitrogens with one attached hydrogen (secondary N) is 1. The second-order valence-electron chi connectivity index (χ2n) is 6.28. The summed E-state index contributed by atoms with van der Waals surface area (Å²) in [4.78, 5) is 5.02. The monoisotopic (exact) mass is 290 g/mol. The van der Waals surface area contributed by atoms with Crippen LogP contribution in [-0.4, -0.2) is 47.4 Å². The van der Waals surface area contributed by atoms with Crippen molar-refractivity contribution in [2.24, 2.45) is 5.73 Å². The van der Waals surface area contributed by atoms with E-state index in [1.165, 1.54) is 31.5 Å². The van der Waals surface area contributed by atoms with Crippen LogP contribution in [0.25, 0.3) is 0 Å². The van der Waals surface area contributed by atoms with Crippen molar-refractivity contribution < 1.29 is 4.39 Å². The molecule has 2 atom stereocenters. The second kappa shape index (κ2) is 5.73. The molecule has 1 aromatic carbocycles. The normalized spacial score (nSPS) is 26.8. The van der Waals surface area contributed by atoms with Crippen LogP contribution < -0.4 is 5.73 Å². The van der Waals surface area contributed by atoms with E-state index in [-0.39, 0.29) is 11.7 Å². The first-order valence-electron chi connectivity index (χ1n) is 7.65. The number of benzene rings is 1. The van der Waals surface area contributed by atoms with Gasteiger partial charge in [0.05, 0.1) is 0 Å². The van der Waals surface area contributed by atoms with Crippen LogP contribution in [0.15, 0.2) is 18.2 Å². The maximum Gasteiger partial charge on any atom is 0.123 e. The van der Waals surface area contributed by atoms with Crippen molar-refractivity contribution in [1.29, 1.82) is 5.41 Å². The van der Waals surface area contributed by atoms with E-state index in [9.17, 15) is 4.39 Å². The van der Waals surface area contributed by atoms with Gasteiger partial charge in [0.25, 0.3) is 0 Å². The van der Waals surface area contributed by atoms with Gasteiger partial charge in [0.15, 0.2) is 0 Å². The first kappa shape index (κ1) is 14.5. The molecule has 114 valence electrons. The fourth-order valence-electron chi connectivity index (χ4n) is 3.62. The molecule has 2 unspecified atom stereocenters. The Hall–Kier alpha value is -1.46. The van der Waals surface area contributed by atoms with Crippen LogP contribution in [0.3, 0.4) is 0 Å². The molecule has 2 heterocycles. The molecule has 0 spiro atoms. The number of amidine groups is 1. The predicted molar refractivity (Wildman–Crippen MR) is 81.9 cm³/mol. The summed E-state index contributed by atoms with van der Waals surface area (Å²) >= 11 is 0. The summed E-state index contributed by atoms with van der Waals surface area (Å²) in [7, 11) is 0. The van der Waals surface area contributed by atoms with Gasteiger partial charge in [-0.15, -0.1) is 0 Å². The summed E-state index contributed by atoms with van der Waals surface area (Å²) < 4.78 is 13.4. The van der Waals surface area contributed by atoms with E-state index in [1.54, 1.807) is 6.07 Å². The molecule has 0 aromatic heterocycles. The molecule has 0 aliphatic carbocycles. The molecule has 1 aromatic rings. The Balaban J connectivity index is 1.78. The molecule has 2 fully saturated rings. The SMILES string of the molecule is CC1CN2CCCC2CN1Cc1ccc(F)cc1C(=N)N. The number of nitrogens with two attached hydrogens (primary N) is 1. The van der Waals surface area contributed by atoms with Crippen LogP contribution in [-0.2, 0) is 6.54 Å². The van der Waals surface area contributed by atoms with Crippen molar-refractivity contribution >= 4 is 5.84 Å². The Morgan fingerprint density at radius 1 is 1.43 bits per heavy atom. The van der Waals surface area contributed by atoms with Gasteiger partial charge in [-0.3, -0.25) is 15.2 Å². The molecule has 2 aliphatic heterocycles. The molecule has 21 heavy (non-hydrogen) atoms. The zero-order chi connectivity index (χ0) is 15.0. The van der Waals surface area contributed by atoms with E-state index >= 15 is 0 Å². The van der Waals surface area contributed by atoms with Gasteiger partial charge in [-0.2, -0.15) is 0 Å².